The van der Waals surface area contributed by atoms with Crippen molar-refractivity contribution in [3.05, 3.63) is 57.5 Å². The number of aromatic nitrogens is 5. The van der Waals surface area contributed by atoms with Gasteiger partial charge in [0.25, 0.3) is 5.56 Å². The molecule has 4 aromatic heterocycles. The van der Waals surface area contributed by atoms with E-state index in [-0.39, 0.29) is 23.6 Å². The summed E-state index contributed by atoms with van der Waals surface area (Å²) in [5, 5.41) is 16.5. The molecule has 0 saturated carbocycles. The van der Waals surface area contributed by atoms with Crippen LogP contribution in [0.2, 0.25) is 0 Å². The van der Waals surface area contributed by atoms with E-state index in [2.05, 4.69) is 20.4 Å². The highest BCUT2D eigenvalue weighted by atomic mass is 32.1. The molecule has 0 unspecified atom stereocenters. The third-order valence-corrected chi connectivity index (χ3v) is 5.68. The summed E-state index contributed by atoms with van der Waals surface area (Å²) in [6.45, 7) is -0.127. The second-order valence-corrected chi connectivity index (χ2v) is 7.76. The molecule has 0 spiro atoms. The van der Waals surface area contributed by atoms with Gasteiger partial charge in [0.15, 0.2) is 5.65 Å². The van der Waals surface area contributed by atoms with Gasteiger partial charge in [0.05, 0.1) is 17.4 Å². The second kappa shape index (κ2) is 7.67. The lowest BCUT2D eigenvalue weighted by molar-refractivity contribution is 0.560. The van der Waals surface area contributed by atoms with Crippen molar-refractivity contribution >= 4 is 44.1 Å². The lowest BCUT2D eigenvalue weighted by atomic mass is 10.3. The fraction of sp³-hybridized carbons (Fsp3) is 0.211. The van der Waals surface area contributed by atoms with E-state index < -0.39 is 5.82 Å². The van der Waals surface area contributed by atoms with Crippen LogP contribution in [0.3, 0.4) is 0 Å². The van der Waals surface area contributed by atoms with Gasteiger partial charge in [-0.3, -0.25) is 4.79 Å². The minimum atomic E-state index is -0.549. The van der Waals surface area contributed by atoms with Crippen molar-refractivity contribution in [2.45, 2.75) is 13.0 Å². The van der Waals surface area contributed by atoms with Crippen molar-refractivity contribution in [1.29, 1.82) is 5.41 Å². The summed E-state index contributed by atoms with van der Waals surface area (Å²) in [6, 6.07) is 2.58. The number of anilines is 1. The number of thiazole rings is 1. The maximum absolute atomic E-state index is 14.0. The van der Waals surface area contributed by atoms with Gasteiger partial charge in [-0.05, 0) is 24.4 Å². The largest absolute Gasteiger partial charge is 0.394 e. The van der Waals surface area contributed by atoms with Gasteiger partial charge < -0.3 is 21.0 Å². The zero-order chi connectivity index (χ0) is 21.4. The quantitative estimate of drug-likeness (QED) is 0.404. The van der Waals surface area contributed by atoms with Crippen LogP contribution >= 0.6 is 11.3 Å². The highest BCUT2D eigenvalue weighted by Gasteiger charge is 2.19. The Balaban J connectivity index is 1.74. The van der Waals surface area contributed by atoms with Crippen molar-refractivity contribution in [2.75, 3.05) is 12.8 Å². The van der Waals surface area contributed by atoms with Crippen molar-refractivity contribution in [3.63, 3.8) is 0 Å². The predicted octanol–water partition coefficient (Wildman–Crippen LogP) is 1.80. The first kappa shape index (κ1) is 19.7. The average molecular weight is 426 g/mol. The standard InChI is InChI=1S/C19H19FN8OS/c1-23-6-5-10(21)7-15-26-18-17(30-15)11-8-24-28(19(29)16(11)27(18)2)9-13-12(20)3-4-14(22)25-13/h3-6,8,21,23H,7,9H2,1-2H3,(H2,22,25)/b6-5-,21-10?. The number of pyridine rings is 1. The van der Waals surface area contributed by atoms with E-state index >= 15 is 0 Å². The second-order valence-electron chi connectivity index (χ2n) is 6.68. The van der Waals surface area contributed by atoms with E-state index in [4.69, 9.17) is 11.1 Å². The topological polar surface area (TPSA) is 128 Å². The lowest BCUT2D eigenvalue weighted by Gasteiger charge is -2.06. The number of fused-ring (bicyclic) bond motifs is 3. The van der Waals surface area contributed by atoms with E-state index in [1.165, 1.54) is 23.5 Å². The average Bonchev–Trinajstić information content (AvgIpc) is 3.23. The molecule has 4 rings (SSSR count). The molecular formula is C19H19FN8OS. The summed E-state index contributed by atoms with van der Waals surface area (Å²) in [7, 11) is 3.52. The van der Waals surface area contributed by atoms with Gasteiger partial charge in [-0.25, -0.2) is 19.0 Å². The maximum Gasteiger partial charge on any atom is 0.291 e. The van der Waals surface area contributed by atoms with E-state index in [0.717, 1.165) is 14.4 Å². The summed E-state index contributed by atoms with van der Waals surface area (Å²) in [6.07, 6.45) is 5.34. The first-order valence-corrected chi connectivity index (χ1v) is 9.86. The molecule has 4 heterocycles. The minimum Gasteiger partial charge on any atom is -0.394 e. The van der Waals surface area contributed by atoms with Gasteiger partial charge in [0.2, 0.25) is 0 Å². The van der Waals surface area contributed by atoms with Crippen LogP contribution in [0.1, 0.15) is 10.7 Å². The Morgan fingerprint density at radius 1 is 1.40 bits per heavy atom. The number of hydrogen-bond donors (Lipinski definition) is 3. The number of nitrogens with two attached hydrogens (primary N) is 1. The van der Waals surface area contributed by atoms with E-state index in [0.29, 0.717) is 28.7 Å². The summed E-state index contributed by atoms with van der Waals surface area (Å²) < 4.78 is 17.7. The summed E-state index contributed by atoms with van der Waals surface area (Å²) in [5.41, 5.74) is 6.82. The molecule has 0 radical (unpaired) electrons. The number of nitrogens with zero attached hydrogens (tertiary/aromatic N) is 5. The Morgan fingerprint density at radius 3 is 2.97 bits per heavy atom. The number of nitrogen functional groups attached to an aromatic ring is 1. The first-order chi connectivity index (χ1) is 14.4. The zero-order valence-electron chi connectivity index (χ0n) is 16.3. The Morgan fingerprint density at radius 2 is 2.20 bits per heavy atom. The van der Waals surface area contributed by atoms with Gasteiger partial charge in [-0.2, -0.15) is 5.10 Å². The molecule has 0 atom stereocenters. The molecule has 30 heavy (non-hydrogen) atoms. The third-order valence-electron chi connectivity index (χ3n) is 4.60. The smallest absolute Gasteiger partial charge is 0.291 e. The van der Waals surface area contributed by atoms with Crippen LogP contribution in [-0.2, 0) is 20.0 Å². The van der Waals surface area contributed by atoms with Gasteiger partial charge in [-0.1, -0.05) is 0 Å². The number of rotatable bonds is 6. The molecule has 0 aromatic carbocycles. The highest BCUT2D eigenvalue weighted by molar-refractivity contribution is 7.19. The Labute approximate surface area is 174 Å². The zero-order valence-corrected chi connectivity index (χ0v) is 17.1. The molecule has 0 aliphatic heterocycles. The number of allylic oxidation sites excluding steroid dienone is 1. The summed E-state index contributed by atoms with van der Waals surface area (Å²) in [5.74, 6) is -0.376. The van der Waals surface area contributed by atoms with Crippen molar-refractivity contribution < 1.29 is 4.39 Å². The van der Waals surface area contributed by atoms with E-state index in [9.17, 15) is 9.18 Å². The van der Waals surface area contributed by atoms with Gasteiger partial charge in [-0.15, -0.1) is 11.3 Å². The number of nitrogens with one attached hydrogen (secondary N) is 2. The normalized spacial score (nSPS) is 11.7. The van der Waals surface area contributed by atoms with Gasteiger partial charge >= 0.3 is 0 Å². The first-order valence-electron chi connectivity index (χ1n) is 9.05. The Kier molecular flexibility index (Phi) is 5.04. The Hall–Kier alpha value is -3.60. The molecule has 0 amide bonds. The molecule has 0 saturated heterocycles. The molecule has 0 fully saturated rings. The molecule has 154 valence electrons. The predicted molar refractivity (Wildman–Crippen MR) is 115 cm³/mol. The SMILES string of the molecule is CN/C=C\C(=N)Cc1nc2c(s1)c1cnn(Cc3nc(N)ccc3F)c(=O)c1n2C. The number of aryl methyl sites for hydroxylation is 1. The van der Waals surface area contributed by atoms with Crippen LogP contribution in [0.25, 0.3) is 21.3 Å². The molecule has 4 aromatic rings. The van der Waals surface area contributed by atoms with E-state index in [1.807, 2.05) is 0 Å². The maximum atomic E-state index is 14.0. The van der Waals surface area contributed by atoms with Crippen LogP contribution < -0.4 is 16.6 Å². The van der Waals surface area contributed by atoms with Crippen LogP contribution in [-0.4, -0.2) is 37.1 Å². The van der Waals surface area contributed by atoms with Crippen LogP contribution in [0.5, 0.6) is 0 Å². The van der Waals surface area contributed by atoms with Gasteiger partial charge in [0.1, 0.15) is 27.9 Å². The third kappa shape index (κ3) is 3.43. The fourth-order valence-corrected chi connectivity index (χ4v) is 4.31. The molecule has 0 aliphatic carbocycles. The molecule has 0 aliphatic rings. The monoisotopic (exact) mass is 426 g/mol. The van der Waals surface area contributed by atoms with Crippen LogP contribution in [0.15, 0.2) is 35.4 Å². The van der Waals surface area contributed by atoms with Crippen LogP contribution in [0, 0.1) is 11.2 Å². The Bertz CT molecular complexity index is 1370. The summed E-state index contributed by atoms with van der Waals surface area (Å²) >= 11 is 1.43. The minimum absolute atomic E-state index is 0.0496. The van der Waals surface area contributed by atoms with Crippen molar-refractivity contribution in [1.82, 2.24) is 29.6 Å². The molecule has 0 bridgehead atoms. The number of hydrogen-bond acceptors (Lipinski definition) is 8. The summed E-state index contributed by atoms with van der Waals surface area (Å²) in [4.78, 5) is 21.6. The molecular weight excluding hydrogens is 407 g/mol. The number of halogens is 1. The van der Waals surface area contributed by atoms with Crippen LogP contribution in [0.4, 0.5) is 10.2 Å². The lowest BCUT2D eigenvalue weighted by Crippen LogP contribution is -2.25. The fourth-order valence-electron chi connectivity index (χ4n) is 3.18. The van der Waals surface area contributed by atoms with Crippen molar-refractivity contribution in [3.8, 4) is 0 Å². The molecule has 11 heteroatoms. The molecule has 9 nitrogen and oxygen atoms in total. The van der Waals surface area contributed by atoms with Gasteiger partial charge in [0, 0.05) is 31.6 Å². The highest BCUT2D eigenvalue weighted by Crippen LogP contribution is 2.31. The van der Waals surface area contributed by atoms with Crippen molar-refractivity contribution in [2.24, 2.45) is 7.05 Å². The molecule has 4 N–H and O–H groups in total. The van der Waals surface area contributed by atoms with E-state index in [1.54, 1.807) is 37.1 Å².